The Bertz CT molecular complexity index is 1110. The number of urea groups is 1. The summed E-state index contributed by atoms with van der Waals surface area (Å²) in [5, 5.41) is 13.7. The summed E-state index contributed by atoms with van der Waals surface area (Å²) in [4.78, 5) is 30.4. The average Bonchev–Trinajstić information content (AvgIpc) is 3.31. The normalized spacial score (nSPS) is 10.5. The van der Waals surface area contributed by atoms with Gasteiger partial charge in [-0.2, -0.15) is 5.26 Å². The van der Waals surface area contributed by atoms with Gasteiger partial charge >= 0.3 is 6.03 Å². The first-order valence-corrected chi connectivity index (χ1v) is 11.4. The van der Waals surface area contributed by atoms with Gasteiger partial charge in [0, 0.05) is 23.2 Å². The Labute approximate surface area is 196 Å². The number of anilines is 1. The molecule has 0 saturated carbocycles. The van der Waals surface area contributed by atoms with Gasteiger partial charge in [0.15, 0.2) is 0 Å². The number of carbonyl (C=O) groups excluding carboxylic acids is 2. The van der Waals surface area contributed by atoms with Crippen molar-refractivity contribution in [1.82, 2.24) is 9.80 Å². The molecule has 6 nitrogen and oxygen atoms in total. The van der Waals surface area contributed by atoms with E-state index in [1.165, 1.54) is 17.0 Å². The molecule has 0 unspecified atom stereocenters. The highest BCUT2D eigenvalue weighted by atomic mass is 32.1. The molecule has 1 aromatic heterocycles. The van der Waals surface area contributed by atoms with Crippen LogP contribution in [0.1, 0.15) is 29.9 Å². The molecule has 0 atom stereocenters. The van der Waals surface area contributed by atoms with E-state index in [1.807, 2.05) is 37.4 Å². The minimum Gasteiger partial charge on any atom is -0.332 e. The van der Waals surface area contributed by atoms with Gasteiger partial charge in [-0.3, -0.25) is 4.79 Å². The number of hydrogen-bond donors (Lipinski definition) is 1. The lowest BCUT2D eigenvalue weighted by Gasteiger charge is -2.30. The summed E-state index contributed by atoms with van der Waals surface area (Å²) >= 11 is 1.55. The molecule has 1 N–H and O–H groups in total. The molecule has 0 bridgehead atoms. The van der Waals surface area contributed by atoms with Gasteiger partial charge < -0.3 is 15.1 Å². The first-order valence-electron chi connectivity index (χ1n) is 10.5. The van der Waals surface area contributed by atoms with Gasteiger partial charge in [-0.25, -0.2) is 9.18 Å². The summed E-state index contributed by atoms with van der Waals surface area (Å²) in [5.74, 6) is -0.545. The molecule has 1 heterocycles. The van der Waals surface area contributed by atoms with Crippen LogP contribution in [0.15, 0.2) is 66.0 Å². The number of nitrogens with zero attached hydrogens (tertiary/aromatic N) is 3. The minimum absolute atomic E-state index is 0.105. The lowest BCUT2D eigenvalue weighted by molar-refractivity contribution is -0.133. The molecular weight excluding hydrogens is 439 g/mol. The van der Waals surface area contributed by atoms with Crippen LogP contribution in [0.3, 0.4) is 0 Å². The second-order valence-corrected chi connectivity index (χ2v) is 8.83. The second kappa shape index (κ2) is 11.2. The molecule has 170 valence electrons. The van der Waals surface area contributed by atoms with Gasteiger partial charge in [-0.15, -0.1) is 11.3 Å². The summed E-state index contributed by atoms with van der Waals surface area (Å²) in [5.41, 5.74) is 1.84. The van der Waals surface area contributed by atoms with Gasteiger partial charge in [-0.1, -0.05) is 18.2 Å². The average molecular weight is 465 g/mol. The molecule has 8 heteroatoms. The highest BCUT2D eigenvalue weighted by Crippen LogP contribution is 2.17. The Morgan fingerprint density at radius 3 is 2.33 bits per heavy atom. The van der Waals surface area contributed by atoms with E-state index in [9.17, 15) is 14.0 Å². The highest BCUT2D eigenvalue weighted by molar-refractivity contribution is 7.09. The maximum atomic E-state index is 13.3. The number of amides is 3. The number of benzene rings is 2. The predicted octanol–water partition coefficient (Wildman–Crippen LogP) is 5.23. The summed E-state index contributed by atoms with van der Waals surface area (Å²) in [6, 6.07) is 17.9. The zero-order chi connectivity index (χ0) is 23.8. The topological polar surface area (TPSA) is 76.4 Å². The Balaban J connectivity index is 1.73. The van der Waals surface area contributed by atoms with Crippen molar-refractivity contribution in [2.75, 3.05) is 11.9 Å². The number of halogens is 1. The quantitative estimate of drug-likeness (QED) is 0.496. The molecule has 0 spiro atoms. The fourth-order valence-electron chi connectivity index (χ4n) is 3.19. The zero-order valence-electron chi connectivity index (χ0n) is 18.5. The van der Waals surface area contributed by atoms with E-state index in [1.54, 1.807) is 52.6 Å². The number of nitriles is 1. The molecule has 3 aromatic rings. The van der Waals surface area contributed by atoms with Crippen molar-refractivity contribution < 1.29 is 14.0 Å². The van der Waals surface area contributed by atoms with Crippen LogP contribution < -0.4 is 5.32 Å². The van der Waals surface area contributed by atoms with Crippen molar-refractivity contribution in [2.24, 2.45) is 0 Å². The van der Waals surface area contributed by atoms with E-state index in [2.05, 4.69) is 5.32 Å². The van der Waals surface area contributed by atoms with Crippen LogP contribution in [0.2, 0.25) is 0 Å². The molecular formula is C25H25FN4O2S. The number of carbonyl (C=O) groups is 2. The van der Waals surface area contributed by atoms with E-state index in [0.717, 1.165) is 10.4 Å². The van der Waals surface area contributed by atoms with Crippen LogP contribution in [-0.4, -0.2) is 34.3 Å². The Hall–Kier alpha value is -3.70. The number of thiophene rings is 1. The van der Waals surface area contributed by atoms with Crippen molar-refractivity contribution in [3.63, 3.8) is 0 Å². The summed E-state index contributed by atoms with van der Waals surface area (Å²) in [6.45, 7) is 4.29. The minimum atomic E-state index is -0.402. The van der Waals surface area contributed by atoms with Crippen molar-refractivity contribution in [3.05, 3.63) is 87.9 Å². The Morgan fingerprint density at radius 2 is 1.76 bits per heavy atom. The number of nitrogens with one attached hydrogen (secondary N) is 1. The molecule has 0 aliphatic rings. The molecule has 0 saturated heterocycles. The van der Waals surface area contributed by atoms with E-state index in [0.29, 0.717) is 24.3 Å². The molecule has 0 radical (unpaired) electrons. The van der Waals surface area contributed by atoms with E-state index < -0.39 is 6.03 Å². The van der Waals surface area contributed by atoms with Crippen molar-refractivity contribution in [3.8, 4) is 6.07 Å². The van der Waals surface area contributed by atoms with Gasteiger partial charge in [0.1, 0.15) is 12.4 Å². The van der Waals surface area contributed by atoms with Gasteiger partial charge in [0.05, 0.1) is 18.2 Å². The molecule has 3 amide bonds. The largest absolute Gasteiger partial charge is 0.332 e. The molecule has 3 rings (SSSR count). The van der Waals surface area contributed by atoms with E-state index >= 15 is 0 Å². The fourth-order valence-corrected chi connectivity index (χ4v) is 3.91. The number of rotatable bonds is 8. The second-order valence-electron chi connectivity index (χ2n) is 7.80. The smallest absolute Gasteiger partial charge is 0.322 e. The Morgan fingerprint density at radius 1 is 1.06 bits per heavy atom. The van der Waals surface area contributed by atoms with E-state index in [4.69, 9.17) is 5.26 Å². The van der Waals surface area contributed by atoms with Crippen LogP contribution in [0, 0.1) is 17.1 Å². The third-order valence-electron chi connectivity index (χ3n) is 5.02. The summed E-state index contributed by atoms with van der Waals surface area (Å²) in [7, 11) is 0. The standard InChI is InChI=1S/C25H25FN4O2S/c1-18(2)30(25(32)28-22-11-7-19(14-27)8-12-22)17-24(31)29(16-23-4-3-13-33-23)15-20-5-9-21(26)10-6-20/h3-13,18H,15-17H2,1-2H3,(H,28,32). The number of hydrogen-bond acceptors (Lipinski definition) is 4. The molecule has 0 aliphatic carbocycles. The van der Waals surface area contributed by atoms with Crippen molar-refractivity contribution in [1.29, 1.82) is 5.26 Å². The first-order chi connectivity index (χ1) is 15.9. The fraction of sp³-hybridized carbons (Fsp3) is 0.240. The molecule has 0 aliphatic heterocycles. The first kappa shape index (κ1) is 24.0. The van der Waals surface area contributed by atoms with Crippen LogP contribution in [-0.2, 0) is 17.9 Å². The maximum absolute atomic E-state index is 13.3. The monoisotopic (exact) mass is 464 g/mol. The summed E-state index contributed by atoms with van der Waals surface area (Å²) < 4.78 is 13.3. The van der Waals surface area contributed by atoms with E-state index in [-0.39, 0.29) is 24.3 Å². The van der Waals surface area contributed by atoms with Crippen molar-refractivity contribution in [2.45, 2.75) is 33.0 Å². The molecule has 33 heavy (non-hydrogen) atoms. The van der Waals surface area contributed by atoms with Gasteiger partial charge in [-0.05, 0) is 67.3 Å². The van der Waals surface area contributed by atoms with Gasteiger partial charge in [0.2, 0.25) is 5.91 Å². The molecule has 0 fully saturated rings. The molecule has 2 aromatic carbocycles. The SMILES string of the molecule is CC(C)N(CC(=O)N(Cc1ccc(F)cc1)Cc1cccs1)C(=O)Nc1ccc(C#N)cc1. The third kappa shape index (κ3) is 6.89. The highest BCUT2D eigenvalue weighted by Gasteiger charge is 2.24. The van der Waals surface area contributed by atoms with Crippen LogP contribution in [0.4, 0.5) is 14.9 Å². The third-order valence-corrected chi connectivity index (χ3v) is 5.88. The van der Waals surface area contributed by atoms with Crippen LogP contribution in [0.25, 0.3) is 0 Å². The van der Waals surface area contributed by atoms with Gasteiger partial charge in [0.25, 0.3) is 0 Å². The zero-order valence-corrected chi connectivity index (χ0v) is 19.3. The lowest BCUT2D eigenvalue weighted by atomic mass is 10.2. The predicted molar refractivity (Wildman–Crippen MR) is 127 cm³/mol. The summed E-state index contributed by atoms with van der Waals surface area (Å²) in [6.07, 6.45) is 0. The Kier molecular flexibility index (Phi) is 8.17. The van der Waals surface area contributed by atoms with Crippen LogP contribution >= 0.6 is 11.3 Å². The maximum Gasteiger partial charge on any atom is 0.322 e. The lowest BCUT2D eigenvalue weighted by Crippen LogP contribution is -2.47. The van der Waals surface area contributed by atoms with Crippen molar-refractivity contribution >= 4 is 29.0 Å². The van der Waals surface area contributed by atoms with Crippen LogP contribution in [0.5, 0.6) is 0 Å².